The molecule has 0 radical (unpaired) electrons. The largest absolute Gasteiger partial charge is 0.441 e. The van der Waals surface area contributed by atoms with E-state index in [9.17, 15) is 4.79 Å². The minimum Gasteiger partial charge on any atom is -0.441 e. The molecule has 0 saturated carbocycles. The van der Waals surface area contributed by atoms with Gasteiger partial charge in [-0.15, -0.1) is 11.8 Å². The van der Waals surface area contributed by atoms with Gasteiger partial charge in [0.1, 0.15) is 5.76 Å². The summed E-state index contributed by atoms with van der Waals surface area (Å²) >= 11 is 7.42. The Kier molecular flexibility index (Phi) is 6.54. The van der Waals surface area contributed by atoms with Crippen LogP contribution in [0.4, 0.5) is 0 Å². The minimum absolute atomic E-state index is 0.0587. The van der Waals surface area contributed by atoms with E-state index in [1.807, 2.05) is 38.1 Å². The van der Waals surface area contributed by atoms with Crippen molar-refractivity contribution in [2.24, 2.45) is 0 Å². The maximum atomic E-state index is 11.8. The van der Waals surface area contributed by atoms with Crippen molar-refractivity contribution in [2.75, 3.05) is 5.75 Å². The summed E-state index contributed by atoms with van der Waals surface area (Å²) in [5.74, 6) is 2.50. The average molecular weight is 353 g/mol. The second-order valence-electron chi connectivity index (χ2n) is 5.40. The van der Waals surface area contributed by atoms with Crippen LogP contribution in [0.5, 0.6) is 0 Å². The normalized spacial score (nSPS) is 12.2. The molecule has 0 spiro atoms. The van der Waals surface area contributed by atoms with Gasteiger partial charge in [0.25, 0.3) is 0 Å². The Balaban J connectivity index is 1.91. The van der Waals surface area contributed by atoms with Crippen LogP contribution in [0.1, 0.15) is 31.7 Å². The fourth-order valence-electron chi connectivity index (χ4n) is 1.94. The number of benzene rings is 1. The molecular formula is C17H21ClN2O2S. The highest BCUT2D eigenvalue weighted by atomic mass is 35.5. The molecule has 1 aromatic heterocycles. The second kappa shape index (κ2) is 8.41. The van der Waals surface area contributed by atoms with Crippen LogP contribution >= 0.6 is 23.4 Å². The van der Waals surface area contributed by atoms with Gasteiger partial charge in [-0.1, -0.05) is 18.5 Å². The SMILES string of the molecule is CCC(C)NC(=O)CSCc1nc(-c2ccc(Cl)cc2)oc1C. The van der Waals surface area contributed by atoms with E-state index >= 15 is 0 Å². The fraction of sp³-hybridized carbons (Fsp3) is 0.412. The van der Waals surface area contributed by atoms with Gasteiger partial charge in [0.05, 0.1) is 11.4 Å². The van der Waals surface area contributed by atoms with Crippen LogP contribution < -0.4 is 5.32 Å². The Hall–Kier alpha value is -1.46. The molecule has 0 aliphatic rings. The molecule has 0 aliphatic carbocycles. The van der Waals surface area contributed by atoms with E-state index in [2.05, 4.69) is 17.2 Å². The lowest BCUT2D eigenvalue weighted by molar-refractivity contribution is -0.119. The molecule has 1 N–H and O–H groups in total. The number of thioether (sulfide) groups is 1. The zero-order valence-electron chi connectivity index (χ0n) is 13.6. The van der Waals surface area contributed by atoms with E-state index in [4.69, 9.17) is 16.0 Å². The first-order chi connectivity index (χ1) is 11.0. The number of nitrogens with zero attached hydrogens (tertiary/aromatic N) is 1. The molecule has 2 rings (SSSR count). The quantitative estimate of drug-likeness (QED) is 0.799. The summed E-state index contributed by atoms with van der Waals surface area (Å²) in [5.41, 5.74) is 1.76. The molecule has 0 saturated heterocycles. The van der Waals surface area contributed by atoms with Gasteiger partial charge in [-0.2, -0.15) is 0 Å². The van der Waals surface area contributed by atoms with Crippen molar-refractivity contribution >= 4 is 29.3 Å². The van der Waals surface area contributed by atoms with Crippen molar-refractivity contribution in [3.63, 3.8) is 0 Å². The predicted octanol–water partition coefficient (Wildman–Crippen LogP) is 4.45. The maximum Gasteiger partial charge on any atom is 0.230 e. The molecule has 2 aromatic rings. The molecule has 0 bridgehead atoms. The van der Waals surface area contributed by atoms with E-state index in [-0.39, 0.29) is 11.9 Å². The third-order valence-electron chi connectivity index (χ3n) is 3.48. The van der Waals surface area contributed by atoms with Crippen molar-refractivity contribution < 1.29 is 9.21 Å². The monoisotopic (exact) mass is 352 g/mol. The molecule has 1 heterocycles. The molecule has 23 heavy (non-hydrogen) atoms. The Labute approximate surface area is 146 Å². The lowest BCUT2D eigenvalue weighted by Gasteiger charge is -2.10. The number of carbonyl (C=O) groups excluding carboxylic acids is 1. The highest BCUT2D eigenvalue weighted by Gasteiger charge is 2.12. The fourth-order valence-corrected chi connectivity index (χ4v) is 2.89. The third kappa shape index (κ3) is 5.29. The summed E-state index contributed by atoms with van der Waals surface area (Å²) in [6, 6.07) is 7.59. The van der Waals surface area contributed by atoms with E-state index in [1.165, 1.54) is 11.8 Å². The number of carbonyl (C=O) groups is 1. The average Bonchev–Trinajstić information content (AvgIpc) is 2.89. The standard InChI is InChI=1S/C17H21ClN2O2S/c1-4-11(2)19-16(21)10-23-9-15-12(3)22-17(20-15)13-5-7-14(18)8-6-13/h5-8,11H,4,9-10H2,1-3H3,(H,19,21). The first kappa shape index (κ1) is 17.9. The maximum absolute atomic E-state index is 11.8. The molecule has 0 fully saturated rings. The van der Waals surface area contributed by atoms with Crippen LogP contribution in [0.3, 0.4) is 0 Å². The first-order valence-electron chi connectivity index (χ1n) is 7.59. The number of halogens is 1. The van der Waals surface area contributed by atoms with Gasteiger partial charge in [0.2, 0.25) is 11.8 Å². The Morgan fingerprint density at radius 2 is 2.09 bits per heavy atom. The summed E-state index contributed by atoms with van der Waals surface area (Å²) in [6.07, 6.45) is 0.934. The van der Waals surface area contributed by atoms with Crippen LogP contribution in [0.2, 0.25) is 5.02 Å². The van der Waals surface area contributed by atoms with Gasteiger partial charge in [-0.25, -0.2) is 4.98 Å². The van der Waals surface area contributed by atoms with Gasteiger partial charge in [0, 0.05) is 22.4 Å². The van der Waals surface area contributed by atoms with E-state index in [1.54, 1.807) is 0 Å². The van der Waals surface area contributed by atoms with Crippen LogP contribution in [0.25, 0.3) is 11.5 Å². The molecule has 1 atom stereocenters. The summed E-state index contributed by atoms with van der Waals surface area (Å²) in [5, 5.41) is 3.63. The van der Waals surface area contributed by atoms with Gasteiger partial charge in [0.15, 0.2) is 0 Å². The molecular weight excluding hydrogens is 332 g/mol. The zero-order chi connectivity index (χ0) is 16.8. The zero-order valence-corrected chi connectivity index (χ0v) is 15.1. The topological polar surface area (TPSA) is 55.1 Å². The Bertz CT molecular complexity index is 655. The van der Waals surface area contributed by atoms with Crippen molar-refractivity contribution in [3.05, 3.63) is 40.7 Å². The number of oxazole rings is 1. The summed E-state index contributed by atoms with van der Waals surface area (Å²) in [4.78, 5) is 16.3. The predicted molar refractivity (Wildman–Crippen MR) is 95.7 cm³/mol. The number of aromatic nitrogens is 1. The number of amides is 1. The Morgan fingerprint density at radius 3 is 2.74 bits per heavy atom. The van der Waals surface area contributed by atoms with Gasteiger partial charge in [-0.3, -0.25) is 4.79 Å². The van der Waals surface area contributed by atoms with E-state index < -0.39 is 0 Å². The molecule has 0 aliphatic heterocycles. The van der Waals surface area contributed by atoms with Gasteiger partial charge >= 0.3 is 0 Å². The number of aryl methyl sites for hydroxylation is 1. The lowest BCUT2D eigenvalue weighted by Crippen LogP contribution is -2.33. The van der Waals surface area contributed by atoms with Crippen molar-refractivity contribution in [1.29, 1.82) is 0 Å². The molecule has 6 heteroatoms. The van der Waals surface area contributed by atoms with Crippen molar-refractivity contribution in [1.82, 2.24) is 10.3 Å². The lowest BCUT2D eigenvalue weighted by atomic mass is 10.2. The number of hydrogen-bond donors (Lipinski definition) is 1. The van der Waals surface area contributed by atoms with E-state index in [0.29, 0.717) is 22.4 Å². The minimum atomic E-state index is 0.0587. The molecule has 1 amide bonds. The number of rotatable bonds is 7. The molecule has 1 unspecified atom stereocenters. The van der Waals surface area contributed by atoms with Crippen LogP contribution in [0, 0.1) is 6.92 Å². The smallest absolute Gasteiger partial charge is 0.230 e. The number of nitrogens with one attached hydrogen (secondary N) is 1. The van der Waals surface area contributed by atoms with Crippen LogP contribution in [0.15, 0.2) is 28.7 Å². The van der Waals surface area contributed by atoms with E-state index in [0.717, 1.165) is 23.4 Å². The summed E-state index contributed by atoms with van der Waals surface area (Å²) < 4.78 is 5.71. The molecule has 124 valence electrons. The summed E-state index contributed by atoms with van der Waals surface area (Å²) in [6.45, 7) is 5.94. The highest BCUT2D eigenvalue weighted by molar-refractivity contribution is 7.99. The number of hydrogen-bond acceptors (Lipinski definition) is 4. The second-order valence-corrected chi connectivity index (χ2v) is 6.82. The Morgan fingerprint density at radius 1 is 1.39 bits per heavy atom. The first-order valence-corrected chi connectivity index (χ1v) is 9.12. The van der Waals surface area contributed by atoms with Crippen molar-refractivity contribution in [3.8, 4) is 11.5 Å². The van der Waals surface area contributed by atoms with Gasteiger partial charge < -0.3 is 9.73 Å². The van der Waals surface area contributed by atoms with Crippen LogP contribution in [-0.2, 0) is 10.5 Å². The highest BCUT2D eigenvalue weighted by Crippen LogP contribution is 2.25. The summed E-state index contributed by atoms with van der Waals surface area (Å²) in [7, 11) is 0. The van der Waals surface area contributed by atoms with Crippen LogP contribution in [-0.4, -0.2) is 22.7 Å². The van der Waals surface area contributed by atoms with Crippen molar-refractivity contribution in [2.45, 2.75) is 39.0 Å². The van der Waals surface area contributed by atoms with Gasteiger partial charge in [-0.05, 0) is 44.5 Å². The molecule has 1 aromatic carbocycles. The third-order valence-corrected chi connectivity index (χ3v) is 4.67. The molecule has 4 nitrogen and oxygen atoms in total.